The van der Waals surface area contributed by atoms with Gasteiger partial charge < -0.3 is 0 Å². The van der Waals surface area contributed by atoms with Crippen LogP contribution in [-0.2, 0) is 6.42 Å². The number of fused-ring (bicyclic) bond motifs is 4. The predicted octanol–water partition coefficient (Wildman–Crippen LogP) is 3.18. The van der Waals surface area contributed by atoms with Gasteiger partial charge in [-0.25, -0.2) is 8.78 Å². The molecule has 72 valence electrons. The van der Waals surface area contributed by atoms with Gasteiger partial charge in [-0.15, -0.1) is 0 Å². The van der Waals surface area contributed by atoms with Crippen LogP contribution in [0.5, 0.6) is 0 Å². The summed E-state index contributed by atoms with van der Waals surface area (Å²) in [4.78, 5) is 0. The molecule has 2 atom stereocenters. The first-order valence-electron chi connectivity index (χ1n) is 4.91. The summed E-state index contributed by atoms with van der Waals surface area (Å²) in [6.07, 6.45) is 5.97. The minimum atomic E-state index is -0.718. The average Bonchev–Trinajstić information content (AvgIpc) is 2.56. The number of hydrogen-bond donors (Lipinski definition) is 0. The Balaban J connectivity index is 2.21. The van der Waals surface area contributed by atoms with Gasteiger partial charge >= 0.3 is 0 Å². The Kier molecular flexibility index (Phi) is 1.55. The van der Waals surface area contributed by atoms with Crippen LogP contribution in [0.25, 0.3) is 0 Å². The highest BCUT2D eigenvalue weighted by Gasteiger charge is 2.31. The summed E-state index contributed by atoms with van der Waals surface area (Å²) >= 11 is 0. The van der Waals surface area contributed by atoms with Crippen LogP contribution in [0, 0.1) is 17.6 Å². The van der Waals surface area contributed by atoms with Crippen LogP contribution in [0.4, 0.5) is 8.78 Å². The number of rotatable bonds is 0. The van der Waals surface area contributed by atoms with Gasteiger partial charge in [-0.3, -0.25) is 0 Å². The van der Waals surface area contributed by atoms with Gasteiger partial charge in [-0.2, -0.15) is 0 Å². The molecule has 0 nitrogen and oxygen atoms in total. The zero-order valence-electron chi connectivity index (χ0n) is 7.63. The zero-order chi connectivity index (χ0) is 9.71. The van der Waals surface area contributed by atoms with E-state index < -0.39 is 11.6 Å². The fraction of sp³-hybridized carbons (Fsp3) is 0.333. The molecule has 14 heavy (non-hydrogen) atoms. The van der Waals surface area contributed by atoms with Gasteiger partial charge in [-0.05, 0) is 36.0 Å². The lowest BCUT2D eigenvalue weighted by Crippen LogP contribution is -2.14. The molecule has 0 aromatic heterocycles. The summed E-state index contributed by atoms with van der Waals surface area (Å²) in [6.45, 7) is 0. The van der Waals surface area contributed by atoms with Crippen LogP contribution >= 0.6 is 0 Å². The van der Waals surface area contributed by atoms with E-state index in [1.54, 1.807) is 6.07 Å². The van der Waals surface area contributed by atoms with E-state index in [-0.39, 0.29) is 0 Å². The first-order valence-corrected chi connectivity index (χ1v) is 4.91. The standard InChI is InChI=1S/C12H10F2/c13-11-4-3-9-8-2-1-7(5-8)6-10(9)12(11)14/h1-4,7-8H,5-6H2/t7-,8+/m1/s1. The monoisotopic (exact) mass is 192 g/mol. The van der Waals surface area contributed by atoms with E-state index in [0.717, 1.165) is 12.0 Å². The second kappa shape index (κ2) is 2.66. The van der Waals surface area contributed by atoms with Crippen LogP contribution in [0.1, 0.15) is 23.5 Å². The Morgan fingerprint density at radius 1 is 1.14 bits per heavy atom. The fourth-order valence-corrected chi connectivity index (χ4v) is 2.58. The maximum Gasteiger partial charge on any atom is 0.162 e. The molecule has 0 radical (unpaired) electrons. The lowest BCUT2D eigenvalue weighted by Gasteiger charge is -2.23. The highest BCUT2D eigenvalue weighted by atomic mass is 19.2. The second-order valence-electron chi connectivity index (χ2n) is 4.12. The van der Waals surface area contributed by atoms with Crippen molar-refractivity contribution in [2.45, 2.75) is 18.8 Å². The molecular formula is C12H10F2. The van der Waals surface area contributed by atoms with E-state index in [1.807, 2.05) is 0 Å². The van der Waals surface area contributed by atoms with Crippen molar-refractivity contribution in [2.75, 3.05) is 0 Å². The van der Waals surface area contributed by atoms with Crippen molar-refractivity contribution in [3.63, 3.8) is 0 Å². The minimum absolute atomic E-state index is 0.318. The molecule has 0 unspecified atom stereocenters. The predicted molar refractivity (Wildman–Crippen MR) is 50.1 cm³/mol. The molecule has 0 saturated carbocycles. The fourth-order valence-electron chi connectivity index (χ4n) is 2.58. The SMILES string of the molecule is Fc1ccc2c(c1F)C[C@@H]1C=C[C@H]2C1. The second-order valence-corrected chi connectivity index (χ2v) is 4.12. The van der Waals surface area contributed by atoms with Crippen LogP contribution in [0.2, 0.25) is 0 Å². The molecule has 0 spiro atoms. The Hall–Kier alpha value is -1.18. The third kappa shape index (κ3) is 0.969. The van der Waals surface area contributed by atoms with Gasteiger partial charge in [0.15, 0.2) is 11.6 Å². The first-order chi connectivity index (χ1) is 6.75. The third-order valence-electron chi connectivity index (χ3n) is 3.27. The lowest BCUT2D eigenvalue weighted by molar-refractivity contribution is 0.468. The summed E-state index contributed by atoms with van der Waals surface area (Å²) in [7, 11) is 0. The molecule has 0 N–H and O–H groups in total. The maximum absolute atomic E-state index is 13.5. The van der Waals surface area contributed by atoms with Crippen LogP contribution in [-0.4, -0.2) is 0 Å². The van der Waals surface area contributed by atoms with Crippen molar-refractivity contribution < 1.29 is 8.78 Å². The van der Waals surface area contributed by atoms with E-state index in [2.05, 4.69) is 12.2 Å². The van der Waals surface area contributed by atoms with E-state index in [0.29, 0.717) is 23.8 Å². The molecule has 0 aliphatic heterocycles. The number of halogens is 2. The van der Waals surface area contributed by atoms with E-state index in [1.165, 1.54) is 6.07 Å². The number of hydrogen-bond acceptors (Lipinski definition) is 0. The highest BCUT2D eigenvalue weighted by Crippen LogP contribution is 2.42. The molecule has 2 aliphatic carbocycles. The topological polar surface area (TPSA) is 0 Å². The van der Waals surface area contributed by atoms with Crippen LogP contribution in [0.3, 0.4) is 0 Å². The highest BCUT2D eigenvalue weighted by molar-refractivity contribution is 5.40. The van der Waals surface area contributed by atoms with Crippen molar-refractivity contribution in [1.29, 1.82) is 0 Å². The largest absolute Gasteiger partial charge is 0.204 e. The van der Waals surface area contributed by atoms with E-state index >= 15 is 0 Å². The molecule has 1 aromatic carbocycles. The van der Waals surface area contributed by atoms with Crippen molar-refractivity contribution in [1.82, 2.24) is 0 Å². The normalized spacial score (nSPS) is 27.9. The quantitative estimate of drug-likeness (QED) is 0.554. The van der Waals surface area contributed by atoms with Gasteiger partial charge in [-0.1, -0.05) is 18.2 Å². The molecule has 0 heterocycles. The third-order valence-corrected chi connectivity index (χ3v) is 3.27. The lowest BCUT2D eigenvalue weighted by atomic mass is 9.82. The Bertz CT molecular complexity index is 421. The van der Waals surface area contributed by atoms with Crippen molar-refractivity contribution in [3.05, 3.63) is 47.0 Å². The molecule has 0 fully saturated rings. The zero-order valence-corrected chi connectivity index (χ0v) is 7.63. The van der Waals surface area contributed by atoms with Crippen molar-refractivity contribution in [2.24, 2.45) is 5.92 Å². The molecule has 0 amide bonds. The van der Waals surface area contributed by atoms with Crippen molar-refractivity contribution in [3.8, 4) is 0 Å². The Morgan fingerprint density at radius 2 is 2.00 bits per heavy atom. The summed E-state index contributed by atoms with van der Waals surface area (Å²) < 4.78 is 26.4. The number of allylic oxidation sites excluding steroid dienone is 2. The minimum Gasteiger partial charge on any atom is -0.204 e. The van der Waals surface area contributed by atoms with Gasteiger partial charge in [0, 0.05) is 5.92 Å². The molecule has 2 heteroatoms. The van der Waals surface area contributed by atoms with E-state index in [4.69, 9.17) is 0 Å². The van der Waals surface area contributed by atoms with Crippen LogP contribution in [0.15, 0.2) is 24.3 Å². The Labute approximate surface area is 81.3 Å². The summed E-state index contributed by atoms with van der Waals surface area (Å²) in [5.74, 6) is -0.617. The summed E-state index contributed by atoms with van der Waals surface area (Å²) in [5.41, 5.74) is 1.57. The molecule has 2 bridgehead atoms. The first kappa shape index (κ1) is 8.16. The van der Waals surface area contributed by atoms with Gasteiger partial charge in [0.05, 0.1) is 0 Å². The smallest absolute Gasteiger partial charge is 0.162 e. The van der Waals surface area contributed by atoms with Gasteiger partial charge in [0.25, 0.3) is 0 Å². The molecule has 2 aliphatic rings. The molecule has 1 aromatic rings. The Morgan fingerprint density at radius 3 is 2.86 bits per heavy atom. The molecular weight excluding hydrogens is 182 g/mol. The van der Waals surface area contributed by atoms with E-state index in [9.17, 15) is 8.78 Å². The van der Waals surface area contributed by atoms with Gasteiger partial charge in [0.2, 0.25) is 0 Å². The average molecular weight is 192 g/mol. The number of benzene rings is 1. The maximum atomic E-state index is 13.5. The van der Waals surface area contributed by atoms with Crippen molar-refractivity contribution >= 4 is 0 Å². The summed E-state index contributed by atoms with van der Waals surface area (Å²) in [5, 5.41) is 0. The molecule has 3 rings (SSSR count). The van der Waals surface area contributed by atoms with Crippen LogP contribution < -0.4 is 0 Å². The molecule has 0 saturated heterocycles. The van der Waals surface area contributed by atoms with Gasteiger partial charge in [0.1, 0.15) is 0 Å². The summed E-state index contributed by atoms with van der Waals surface area (Å²) in [6, 6.07) is 2.96.